The normalized spacial score (nSPS) is 11.1. The van der Waals surface area contributed by atoms with Gasteiger partial charge in [0.15, 0.2) is 0 Å². The fourth-order valence-corrected chi connectivity index (χ4v) is 1.62. The van der Waals surface area contributed by atoms with Crippen LogP contribution >= 0.6 is 0 Å². The highest BCUT2D eigenvalue weighted by atomic mass is 16.5. The highest BCUT2D eigenvalue weighted by molar-refractivity contribution is 5.94. The molecule has 92 valence electrons. The first-order valence-electron chi connectivity index (χ1n) is 5.63. The first kappa shape index (κ1) is 12.1. The Bertz CT molecular complexity index is 520. The van der Waals surface area contributed by atoms with E-state index in [-0.39, 0.29) is 0 Å². The molecule has 0 radical (unpaired) electrons. The van der Waals surface area contributed by atoms with E-state index in [0.717, 1.165) is 22.8 Å². The Morgan fingerprint density at radius 2 is 1.72 bits per heavy atom. The van der Waals surface area contributed by atoms with E-state index < -0.39 is 0 Å². The fraction of sp³-hybridized carbons (Fsp3) is 0.0714. The topological polar surface area (TPSA) is 61.2 Å². The highest BCUT2D eigenvalue weighted by Crippen LogP contribution is 2.10. The minimum atomic E-state index is 0.751. The summed E-state index contributed by atoms with van der Waals surface area (Å²) in [5.41, 5.74) is 4.60. The maximum absolute atomic E-state index is 5.53. The number of ether oxygens (including phenoxy) is 1. The molecule has 0 amide bonds. The van der Waals surface area contributed by atoms with Gasteiger partial charge < -0.3 is 4.74 Å². The number of nitrogens with two attached hydrogens (primary N) is 1. The summed E-state index contributed by atoms with van der Waals surface area (Å²) in [5, 5.41) is 0. The predicted molar refractivity (Wildman–Crippen MR) is 71.5 cm³/mol. The summed E-state index contributed by atoms with van der Waals surface area (Å²) in [7, 11) is 1.64. The molecule has 0 aliphatic rings. The van der Waals surface area contributed by atoms with Gasteiger partial charge >= 0.3 is 0 Å². The zero-order chi connectivity index (χ0) is 12.8. The van der Waals surface area contributed by atoms with Crippen LogP contribution in [0.5, 0.6) is 5.75 Å². The molecular weight excluding hydrogens is 226 g/mol. The highest BCUT2D eigenvalue weighted by Gasteiger charge is 2.07. The molecule has 2 aromatic rings. The minimum absolute atomic E-state index is 0.751. The van der Waals surface area contributed by atoms with Gasteiger partial charge in [-0.1, -0.05) is 18.2 Å². The minimum Gasteiger partial charge on any atom is -0.497 e. The average Bonchev–Trinajstić information content (AvgIpc) is 2.46. The molecule has 4 heteroatoms. The lowest BCUT2D eigenvalue weighted by atomic mass is 10.2. The third-order valence-electron chi connectivity index (χ3n) is 2.57. The summed E-state index contributed by atoms with van der Waals surface area (Å²) < 4.78 is 5.11. The molecule has 4 N–H and O–H groups in total. The van der Waals surface area contributed by atoms with Gasteiger partial charge in [0.2, 0.25) is 0 Å². The summed E-state index contributed by atoms with van der Waals surface area (Å²) in [6, 6.07) is 17.5. The molecule has 0 unspecified atom stereocenters. The van der Waals surface area contributed by atoms with E-state index in [9.17, 15) is 0 Å². The van der Waals surface area contributed by atoms with Crippen molar-refractivity contribution in [1.29, 1.82) is 0 Å². The number of hydrogen-bond acceptors (Lipinski definition) is 2. The molecule has 0 saturated heterocycles. The number of benzene rings is 2. The lowest BCUT2D eigenvalue weighted by molar-refractivity contribution is -0.355. The Labute approximate surface area is 106 Å². The Hall–Kier alpha value is -2.33. The number of hydrogen-bond donors (Lipinski definition) is 3. The molecule has 0 aromatic heterocycles. The first-order chi connectivity index (χ1) is 8.83. The number of amidine groups is 1. The lowest BCUT2D eigenvalue weighted by Crippen LogP contribution is -2.71. The van der Waals surface area contributed by atoms with Crippen LogP contribution in [-0.4, -0.2) is 12.9 Å². The van der Waals surface area contributed by atoms with Crippen LogP contribution in [-0.2, 0) is 0 Å². The monoisotopic (exact) mass is 242 g/mol. The van der Waals surface area contributed by atoms with Crippen molar-refractivity contribution in [2.45, 2.75) is 0 Å². The summed E-state index contributed by atoms with van der Waals surface area (Å²) in [5.74, 6) is 7.11. The van der Waals surface area contributed by atoms with Crippen molar-refractivity contribution >= 4 is 11.5 Å². The maximum atomic E-state index is 5.53. The van der Waals surface area contributed by atoms with Crippen LogP contribution in [0.15, 0.2) is 54.6 Å². The largest absolute Gasteiger partial charge is 0.497 e. The molecular formula is C14H16N3O+. The Morgan fingerprint density at radius 3 is 2.28 bits per heavy atom. The van der Waals surface area contributed by atoms with Crippen LogP contribution in [0, 0.1) is 0 Å². The van der Waals surface area contributed by atoms with Crippen molar-refractivity contribution < 1.29 is 9.73 Å². The van der Waals surface area contributed by atoms with E-state index >= 15 is 0 Å². The van der Waals surface area contributed by atoms with Crippen LogP contribution in [0.1, 0.15) is 5.56 Å². The average molecular weight is 242 g/mol. The van der Waals surface area contributed by atoms with Gasteiger partial charge in [-0.15, -0.1) is 0 Å². The van der Waals surface area contributed by atoms with Gasteiger partial charge in [0.1, 0.15) is 11.4 Å². The molecule has 2 aromatic carbocycles. The van der Waals surface area contributed by atoms with Gasteiger partial charge in [-0.3, -0.25) is 0 Å². The molecule has 0 saturated carbocycles. The van der Waals surface area contributed by atoms with E-state index in [0.29, 0.717) is 0 Å². The van der Waals surface area contributed by atoms with Gasteiger partial charge in [0.25, 0.3) is 5.84 Å². The van der Waals surface area contributed by atoms with Crippen molar-refractivity contribution in [2.24, 2.45) is 5.84 Å². The molecule has 0 aliphatic carbocycles. The molecule has 0 spiro atoms. The molecule has 0 heterocycles. The fourth-order valence-electron chi connectivity index (χ4n) is 1.62. The van der Waals surface area contributed by atoms with Crippen molar-refractivity contribution in [2.75, 3.05) is 7.11 Å². The Morgan fingerprint density at radius 1 is 1.06 bits per heavy atom. The number of hydrazine groups is 1. The molecule has 4 nitrogen and oxygen atoms in total. The molecule has 0 bridgehead atoms. The van der Waals surface area contributed by atoms with Crippen LogP contribution < -0.4 is 21.0 Å². The molecule has 18 heavy (non-hydrogen) atoms. The summed E-state index contributed by atoms with van der Waals surface area (Å²) in [4.78, 5) is 3.22. The van der Waals surface area contributed by atoms with Crippen molar-refractivity contribution in [3.05, 3.63) is 60.2 Å². The van der Waals surface area contributed by atoms with Gasteiger partial charge in [0.05, 0.1) is 12.7 Å². The second-order valence-corrected chi connectivity index (χ2v) is 3.74. The smallest absolute Gasteiger partial charge is 0.298 e. The van der Waals surface area contributed by atoms with E-state index in [1.54, 1.807) is 7.11 Å². The maximum Gasteiger partial charge on any atom is 0.298 e. The second-order valence-electron chi connectivity index (χ2n) is 3.74. The zero-order valence-electron chi connectivity index (χ0n) is 10.2. The van der Waals surface area contributed by atoms with Crippen LogP contribution in [0.3, 0.4) is 0 Å². The van der Waals surface area contributed by atoms with Crippen LogP contribution in [0.4, 0.5) is 5.69 Å². The predicted octanol–water partition coefficient (Wildman–Crippen LogP) is 0.317. The Balaban J connectivity index is 2.29. The van der Waals surface area contributed by atoms with Crippen LogP contribution in [0.2, 0.25) is 0 Å². The third-order valence-corrected chi connectivity index (χ3v) is 2.57. The molecule has 0 aliphatic heterocycles. The van der Waals surface area contributed by atoms with Gasteiger partial charge in [-0.2, -0.15) is 11.3 Å². The van der Waals surface area contributed by atoms with Crippen molar-refractivity contribution in [3.8, 4) is 5.75 Å². The van der Waals surface area contributed by atoms with Crippen molar-refractivity contribution in [1.82, 2.24) is 5.43 Å². The number of rotatable bonds is 3. The molecule has 2 rings (SSSR count). The van der Waals surface area contributed by atoms with E-state index in [2.05, 4.69) is 10.4 Å². The first-order valence-corrected chi connectivity index (χ1v) is 5.63. The second kappa shape index (κ2) is 5.84. The summed E-state index contributed by atoms with van der Waals surface area (Å²) in [6.45, 7) is 0. The summed E-state index contributed by atoms with van der Waals surface area (Å²) >= 11 is 0. The molecule has 0 atom stereocenters. The Kier molecular flexibility index (Phi) is 3.94. The number of nitrogens with one attached hydrogen (secondary N) is 2. The summed E-state index contributed by atoms with van der Waals surface area (Å²) in [6.07, 6.45) is 0. The zero-order valence-corrected chi connectivity index (χ0v) is 10.2. The van der Waals surface area contributed by atoms with Gasteiger partial charge in [0, 0.05) is 0 Å². The standard InChI is InChI=1S/C14H15N3O/c1-18-13-9-7-12(8-10-13)16-14(17-15)11-5-3-2-4-6-11/h2-10H,15H2,1H3,(H,16,17)/p+1. The van der Waals surface area contributed by atoms with E-state index in [1.807, 2.05) is 54.6 Å². The van der Waals surface area contributed by atoms with Crippen LogP contribution in [0.25, 0.3) is 0 Å². The van der Waals surface area contributed by atoms with Gasteiger partial charge in [-0.05, 0) is 36.4 Å². The molecule has 0 fully saturated rings. The quantitative estimate of drug-likeness (QED) is 0.314. The van der Waals surface area contributed by atoms with E-state index in [1.165, 1.54) is 0 Å². The van der Waals surface area contributed by atoms with E-state index in [4.69, 9.17) is 10.6 Å². The van der Waals surface area contributed by atoms with Crippen molar-refractivity contribution in [3.63, 3.8) is 0 Å². The number of methoxy groups -OCH3 is 1. The SMILES string of the molecule is COc1ccc([NH+]=C(NN)c2ccccc2)cc1. The van der Waals surface area contributed by atoms with Gasteiger partial charge in [-0.25, -0.2) is 4.99 Å². The third kappa shape index (κ3) is 2.87. The lowest BCUT2D eigenvalue weighted by Gasteiger charge is -2.01.